The molecule has 0 aromatic heterocycles. The van der Waals surface area contributed by atoms with Crippen molar-refractivity contribution in [3.63, 3.8) is 0 Å². The summed E-state index contributed by atoms with van der Waals surface area (Å²) in [4.78, 5) is 23.1. The molecule has 1 amide bonds. The van der Waals surface area contributed by atoms with E-state index < -0.39 is 27.9 Å². The van der Waals surface area contributed by atoms with Crippen LogP contribution in [0.5, 0.6) is 0 Å². The molecule has 0 saturated heterocycles. The Morgan fingerprint density at radius 1 is 1.33 bits per heavy atom. The van der Waals surface area contributed by atoms with E-state index >= 15 is 0 Å². The Morgan fingerprint density at radius 3 is 2.46 bits per heavy atom. The predicted molar refractivity (Wildman–Crippen MR) is 87.2 cm³/mol. The van der Waals surface area contributed by atoms with E-state index in [2.05, 4.69) is 16.6 Å². The van der Waals surface area contributed by atoms with Crippen LogP contribution in [0.4, 0.5) is 0 Å². The van der Waals surface area contributed by atoms with Crippen LogP contribution < -0.4 is 10.0 Å². The fourth-order valence-electron chi connectivity index (χ4n) is 1.77. The number of rotatable bonds is 10. The molecule has 8 nitrogen and oxygen atoms in total. The molecule has 1 aromatic rings. The van der Waals surface area contributed by atoms with Crippen molar-refractivity contribution in [2.45, 2.75) is 17.4 Å². The lowest BCUT2D eigenvalue weighted by atomic mass is 10.1. The van der Waals surface area contributed by atoms with Gasteiger partial charge in [0.05, 0.1) is 4.90 Å². The molecule has 0 fully saturated rings. The second-order valence-electron chi connectivity index (χ2n) is 4.81. The van der Waals surface area contributed by atoms with Crippen molar-refractivity contribution < 1.29 is 27.9 Å². The number of nitrogens with one attached hydrogen (secondary N) is 2. The molecule has 1 unspecified atom stereocenters. The van der Waals surface area contributed by atoms with E-state index in [4.69, 9.17) is 9.84 Å². The number of benzene rings is 1. The normalized spacial score (nSPS) is 12.4. The number of methoxy groups -OCH3 is 1. The molecule has 0 saturated carbocycles. The molecular formula is C15H20N2O6S. The van der Waals surface area contributed by atoms with Crippen LogP contribution in [0.2, 0.25) is 0 Å². The van der Waals surface area contributed by atoms with E-state index in [0.717, 1.165) is 0 Å². The largest absolute Gasteiger partial charge is 0.480 e. The van der Waals surface area contributed by atoms with Crippen LogP contribution in [0, 0.1) is 0 Å². The molecule has 1 atom stereocenters. The first-order chi connectivity index (χ1) is 11.3. The zero-order valence-electron chi connectivity index (χ0n) is 13.2. The Labute approximate surface area is 140 Å². The molecule has 9 heteroatoms. The lowest BCUT2D eigenvalue weighted by Gasteiger charge is -2.14. The average Bonchev–Trinajstić information content (AvgIpc) is 2.56. The van der Waals surface area contributed by atoms with Gasteiger partial charge >= 0.3 is 5.97 Å². The smallest absolute Gasteiger partial charge is 0.326 e. The van der Waals surface area contributed by atoms with Gasteiger partial charge in [0.1, 0.15) is 6.04 Å². The summed E-state index contributed by atoms with van der Waals surface area (Å²) in [6.07, 6.45) is 1.53. The van der Waals surface area contributed by atoms with Gasteiger partial charge < -0.3 is 15.2 Å². The number of hydrogen-bond acceptors (Lipinski definition) is 5. The average molecular weight is 356 g/mol. The van der Waals surface area contributed by atoms with E-state index in [1.54, 1.807) is 0 Å². The second-order valence-corrected chi connectivity index (χ2v) is 6.58. The third-order valence-corrected chi connectivity index (χ3v) is 4.50. The predicted octanol–water partition coefficient (Wildman–Crippen LogP) is 0.370. The van der Waals surface area contributed by atoms with Gasteiger partial charge in [0.2, 0.25) is 10.0 Å². The maximum absolute atomic E-state index is 12.1. The number of amides is 1. The Balaban J connectivity index is 2.82. The number of carboxylic acids is 1. The number of carboxylic acid groups (broad SMARTS) is 1. The molecule has 0 aliphatic carbocycles. The third-order valence-electron chi connectivity index (χ3n) is 3.06. The zero-order valence-corrected chi connectivity index (χ0v) is 14.0. The number of hydrogen-bond donors (Lipinski definition) is 3. The van der Waals surface area contributed by atoms with Gasteiger partial charge in [-0.05, 0) is 24.3 Å². The highest BCUT2D eigenvalue weighted by Gasteiger charge is 2.21. The monoisotopic (exact) mass is 356 g/mol. The number of ether oxygens (including phenoxy) is 1. The molecule has 3 N–H and O–H groups in total. The molecule has 0 heterocycles. The van der Waals surface area contributed by atoms with Crippen LogP contribution >= 0.6 is 0 Å². The Morgan fingerprint density at radius 2 is 1.96 bits per heavy atom. The van der Waals surface area contributed by atoms with Gasteiger partial charge in [-0.25, -0.2) is 17.9 Å². The van der Waals surface area contributed by atoms with Crippen LogP contribution in [0.15, 0.2) is 41.8 Å². The highest BCUT2D eigenvalue weighted by atomic mass is 32.2. The summed E-state index contributed by atoms with van der Waals surface area (Å²) < 4.78 is 30.9. The van der Waals surface area contributed by atoms with E-state index in [1.807, 2.05) is 0 Å². The van der Waals surface area contributed by atoms with Gasteiger partial charge in [-0.15, -0.1) is 6.58 Å². The molecule has 0 spiro atoms. The van der Waals surface area contributed by atoms with Crippen molar-refractivity contribution in [2.75, 3.05) is 20.3 Å². The van der Waals surface area contributed by atoms with Gasteiger partial charge in [0.25, 0.3) is 5.91 Å². The van der Waals surface area contributed by atoms with Gasteiger partial charge in [0.15, 0.2) is 0 Å². The topological polar surface area (TPSA) is 122 Å². The molecule has 1 rings (SSSR count). The maximum Gasteiger partial charge on any atom is 0.326 e. The van der Waals surface area contributed by atoms with E-state index in [-0.39, 0.29) is 30.0 Å². The minimum atomic E-state index is -3.68. The van der Waals surface area contributed by atoms with Crippen molar-refractivity contribution in [1.29, 1.82) is 0 Å². The van der Waals surface area contributed by atoms with Gasteiger partial charge in [0, 0.05) is 32.2 Å². The van der Waals surface area contributed by atoms with Crippen molar-refractivity contribution >= 4 is 21.9 Å². The molecule has 0 aliphatic rings. The molecule has 0 aliphatic heterocycles. The summed E-state index contributed by atoms with van der Waals surface area (Å²) in [6, 6.07) is 4.08. The van der Waals surface area contributed by atoms with Crippen LogP contribution in [0.3, 0.4) is 0 Å². The Bertz CT molecular complexity index is 684. The number of sulfonamides is 1. The molecular weight excluding hydrogens is 336 g/mol. The first-order valence-electron chi connectivity index (χ1n) is 7.05. The van der Waals surface area contributed by atoms with E-state index in [9.17, 15) is 18.0 Å². The summed E-state index contributed by atoms with van der Waals surface area (Å²) in [6.45, 7) is 3.69. The van der Waals surface area contributed by atoms with Crippen molar-refractivity contribution in [3.8, 4) is 0 Å². The quantitative estimate of drug-likeness (QED) is 0.521. The maximum atomic E-state index is 12.1. The highest BCUT2D eigenvalue weighted by molar-refractivity contribution is 7.89. The fourth-order valence-corrected chi connectivity index (χ4v) is 2.77. The van der Waals surface area contributed by atoms with Crippen LogP contribution in [0.25, 0.3) is 0 Å². The number of carbonyl (C=O) groups is 2. The molecule has 0 radical (unpaired) electrons. The first-order valence-corrected chi connectivity index (χ1v) is 8.53. The van der Waals surface area contributed by atoms with Gasteiger partial charge in [-0.3, -0.25) is 4.79 Å². The third kappa shape index (κ3) is 5.76. The summed E-state index contributed by atoms with van der Waals surface area (Å²) in [7, 11) is -2.25. The fraction of sp³-hybridized carbons (Fsp3) is 0.333. The zero-order chi connectivity index (χ0) is 18.2. The lowest BCUT2D eigenvalue weighted by Crippen LogP contribution is -2.41. The summed E-state index contributed by atoms with van der Waals surface area (Å²) >= 11 is 0. The standard InChI is InChI=1S/C15H20N2O6S/c1-3-9-16-24(21,22)12-6-4-11(5-7-12)14(18)17-13(15(19)20)8-10-23-2/h3-7,13,16H,1,8-10H2,2H3,(H,17,18)(H,19,20). The van der Waals surface area contributed by atoms with Gasteiger partial charge in [-0.2, -0.15) is 0 Å². The SMILES string of the molecule is C=CCNS(=O)(=O)c1ccc(C(=O)NC(CCOC)C(=O)O)cc1. The number of aliphatic carboxylic acids is 1. The second kappa shape index (κ2) is 9.16. The van der Waals surface area contributed by atoms with Crippen molar-refractivity contribution in [1.82, 2.24) is 10.0 Å². The van der Waals surface area contributed by atoms with Crippen molar-refractivity contribution in [2.24, 2.45) is 0 Å². The molecule has 24 heavy (non-hydrogen) atoms. The first kappa shape index (κ1) is 19.8. The lowest BCUT2D eigenvalue weighted by molar-refractivity contribution is -0.139. The van der Waals surface area contributed by atoms with Crippen molar-refractivity contribution in [3.05, 3.63) is 42.5 Å². The summed E-state index contributed by atoms with van der Waals surface area (Å²) in [5, 5.41) is 11.4. The van der Waals surface area contributed by atoms with E-state index in [1.165, 1.54) is 37.5 Å². The van der Waals surface area contributed by atoms with E-state index in [0.29, 0.717) is 0 Å². The molecule has 0 bridgehead atoms. The Hall–Kier alpha value is -2.23. The highest BCUT2D eigenvalue weighted by Crippen LogP contribution is 2.11. The van der Waals surface area contributed by atoms with Crippen LogP contribution in [-0.2, 0) is 19.6 Å². The minimum Gasteiger partial charge on any atom is -0.480 e. The molecule has 1 aromatic carbocycles. The van der Waals surface area contributed by atoms with Crippen LogP contribution in [-0.4, -0.2) is 51.7 Å². The summed E-state index contributed by atoms with van der Waals surface area (Å²) in [5.41, 5.74) is 0.154. The Kier molecular flexibility index (Phi) is 7.56. The summed E-state index contributed by atoms with van der Waals surface area (Å²) in [5.74, 6) is -1.78. The van der Waals surface area contributed by atoms with Crippen LogP contribution in [0.1, 0.15) is 16.8 Å². The number of carbonyl (C=O) groups excluding carboxylic acids is 1. The molecule has 132 valence electrons. The van der Waals surface area contributed by atoms with Gasteiger partial charge in [-0.1, -0.05) is 6.08 Å². The minimum absolute atomic E-state index is 0.00457.